The summed E-state index contributed by atoms with van der Waals surface area (Å²) in [6.07, 6.45) is 2.06. The Bertz CT molecular complexity index is 438. The Hall–Kier alpha value is -1.41. The second-order valence-corrected chi connectivity index (χ2v) is 4.59. The molecule has 1 aromatic carbocycles. The molecule has 1 N–H and O–H groups in total. The summed E-state index contributed by atoms with van der Waals surface area (Å²) in [6.45, 7) is 11.7. The number of hydrogen-bond donors (Lipinski definition) is 1. The van der Waals surface area contributed by atoms with Gasteiger partial charge in [-0.25, -0.2) is 0 Å². The molecule has 0 bridgehead atoms. The smallest absolute Gasteiger partial charge is 0.0639 e. The summed E-state index contributed by atoms with van der Waals surface area (Å²) in [4.78, 5) is 2.23. The SMILES string of the molecule is C=C(C)N/C(=C\C)CN(CC)c1ccccc1Cl. The molecular formula is C15H21ClN2. The molecule has 0 saturated carbocycles. The minimum absolute atomic E-state index is 0.783. The van der Waals surface area contributed by atoms with E-state index in [4.69, 9.17) is 11.6 Å². The van der Waals surface area contributed by atoms with Gasteiger partial charge in [-0.1, -0.05) is 36.4 Å². The third-order valence-electron chi connectivity index (χ3n) is 2.66. The Morgan fingerprint density at radius 1 is 1.44 bits per heavy atom. The lowest BCUT2D eigenvalue weighted by atomic mass is 10.2. The molecule has 0 amide bonds. The van der Waals surface area contributed by atoms with Crippen molar-refractivity contribution in [2.24, 2.45) is 0 Å². The van der Waals surface area contributed by atoms with E-state index < -0.39 is 0 Å². The quantitative estimate of drug-likeness (QED) is 0.829. The number of allylic oxidation sites excluding steroid dienone is 2. The van der Waals surface area contributed by atoms with E-state index in [1.54, 1.807) is 0 Å². The first-order chi connectivity index (χ1) is 8.58. The van der Waals surface area contributed by atoms with Gasteiger partial charge >= 0.3 is 0 Å². The van der Waals surface area contributed by atoms with Crippen LogP contribution in [-0.2, 0) is 0 Å². The lowest BCUT2D eigenvalue weighted by Gasteiger charge is -2.26. The Kier molecular flexibility index (Phi) is 5.79. The van der Waals surface area contributed by atoms with Crippen LogP contribution in [0.5, 0.6) is 0 Å². The molecule has 0 aliphatic rings. The Labute approximate surface area is 115 Å². The van der Waals surface area contributed by atoms with Gasteiger partial charge in [-0.3, -0.25) is 0 Å². The van der Waals surface area contributed by atoms with Crippen molar-refractivity contribution in [2.75, 3.05) is 18.0 Å². The summed E-state index contributed by atoms with van der Waals surface area (Å²) in [7, 11) is 0. The van der Waals surface area contributed by atoms with Gasteiger partial charge < -0.3 is 10.2 Å². The number of hydrogen-bond acceptors (Lipinski definition) is 2. The van der Waals surface area contributed by atoms with Crippen molar-refractivity contribution in [1.29, 1.82) is 0 Å². The largest absolute Gasteiger partial charge is 0.365 e. The Morgan fingerprint density at radius 2 is 2.11 bits per heavy atom. The highest BCUT2D eigenvalue weighted by molar-refractivity contribution is 6.33. The van der Waals surface area contributed by atoms with Crippen molar-refractivity contribution in [3.8, 4) is 0 Å². The van der Waals surface area contributed by atoms with Crippen LogP contribution in [0.2, 0.25) is 5.02 Å². The van der Waals surface area contributed by atoms with Crippen LogP contribution in [0.4, 0.5) is 5.69 Å². The van der Waals surface area contributed by atoms with Crippen molar-refractivity contribution in [1.82, 2.24) is 5.32 Å². The molecule has 98 valence electrons. The lowest BCUT2D eigenvalue weighted by molar-refractivity contribution is 0.819. The summed E-state index contributed by atoms with van der Waals surface area (Å²) >= 11 is 6.23. The lowest BCUT2D eigenvalue weighted by Crippen LogP contribution is -2.29. The van der Waals surface area contributed by atoms with Crippen LogP contribution in [0.25, 0.3) is 0 Å². The molecule has 0 spiro atoms. The molecule has 0 unspecified atom stereocenters. The normalized spacial score (nSPS) is 11.2. The molecule has 0 atom stereocenters. The van der Waals surface area contributed by atoms with E-state index in [0.29, 0.717) is 0 Å². The first-order valence-corrected chi connectivity index (χ1v) is 6.53. The highest BCUT2D eigenvalue weighted by Gasteiger charge is 2.09. The van der Waals surface area contributed by atoms with Gasteiger partial charge in [-0.05, 0) is 32.9 Å². The number of rotatable bonds is 6. The number of nitrogens with one attached hydrogen (secondary N) is 1. The van der Waals surface area contributed by atoms with Crippen molar-refractivity contribution in [3.63, 3.8) is 0 Å². The van der Waals surface area contributed by atoms with Crippen molar-refractivity contribution in [3.05, 3.63) is 53.3 Å². The van der Waals surface area contributed by atoms with E-state index in [1.165, 1.54) is 0 Å². The predicted octanol–water partition coefficient (Wildman–Crippen LogP) is 4.19. The van der Waals surface area contributed by atoms with E-state index in [2.05, 4.69) is 29.8 Å². The monoisotopic (exact) mass is 264 g/mol. The second-order valence-electron chi connectivity index (χ2n) is 4.18. The van der Waals surface area contributed by atoms with Crippen molar-refractivity contribution in [2.45, 2.75) is 20.8 Å². The fourth-order valence-electron chi connectivity index (χ4n) is 1.76. The number of likely N-dealkylation sites (N-methyl/N-ethyl adjacent to an activating group) is 1. The molecule has 0 radical (unpaired) electrons. The van der Waals surface area contributed by atoms with Gasteiger partial charge in [-0.2, -0.15) is 0 Å². The molecule has 18 heavy (non-hydrogen) atoms. The second kappa shape index (κ2) is 7.12. The molecule has 0 aromatic heterocycles. The Balaban J connectivity index is 2.85. The van der Waals surface area contributed by atoms with E-state index in [-0.39, 0.29) is 0 Å². The highest BCUT2D eigenvalue weighted by atomic mass is 35.5. The molecule has 3 heteroatoms. The zero-order valence-electron chi connectivity index (χ0n) is 11.3. The fourth-order valence-corrected chi connectivity index (χ4v) is 2.01. The number of halogens is 1. The summed E-state index contributed by atoms with van der Waals surface area (Å²) in [5.74, 6) is 0. The minimum Gasteiger partial charge on any atom is -0.365 e. The van der Waals surface area contributed by atoms with Crippen LogP contribution < -0.4 is 10.2 Å². The molecule has 2 nitrogen and oxygen atoms in total. The highest BCUT2D eigenvalue weighted by Crippen LogP contribution is 2.25. The maximum atomic E-state index is 6.23. The van der Waals surface area contributed by atoms with Crippen molar-refractivity contribution < 1.29 is 0 Å². The van der Waals surface area contributed by atoms with Gasteiger partial charge in [-0.15, -0.1) is 0 Å². The third-order valence-corrected chi connectivity index (χ3v) is 2.98. The van der Waals surface area contributed by atoms with Crippen LogP contribution in [0.1, 0.15) is 20.8 Å². The van der Waals surface area contributed by atoms with Crippen LogP contribution >= 0.6 is 11.6 Å². The van der Waals surface area contributed by atoms with Crippen LogP contribution in [-0.4, -0.2) is 13.1 Å². The zero-order valence-corrected chi connectivity index (χ0v) is 12.1. The average Bonchev–Trinajstić information content (AvgIpc) is 2.35. The first-order valence-electron chi connectivity index (χ1n) is 6.15. The van der Waals surface area contributed by atoms with Gasteiger partial charge in [0.1, 0.15) is 0 Å². The third kappa shape index (κ3) is 4.11. The summed E-state index contributed by atoms with van der Waals surface area (Å²) in [6, 6.07) is 7.91. The van der Waals surface area contributed by atoms with Gasteiger partial charge in [0.05, 0.1) is 17.3 Å². The molecule has 0 aliphatic heterocycles. The summed E-state index contributed by atoms with van der Waals surface area (Å²) in [5, 5.41) is 4.05. The number of nitrogens with zero attached hydrogens (tertiary/aromatic N) is 1. The van der Waals surface area contributed by atoms with Gasteiger partial charge in [0.2, 0.25) is 0 Å². The summed E-state index contributed by atoms with van der Waals surface area (Å²) < 4.78 is 0. The molecule has 1 rings (SSSR count). The van der Waals surface area contributed by atoms with E-state index in [9.17, 15) is 0 Å². The first kappa shape index (κ1) is 14.7. The number of para-hydroxylation sites is 1. The van der Waals surface area contributed by atoms with Crippen LogP contribution in [0.3, 0.4) is 0 Å². The average molecular weight is 265 g/mol. The van der Waals surface area contributed by atoms with Gasteiger partial charge in [0.25, 0.3) is 0 Å². The molecular weight excluding hydrogens is 244 g/mol. The number of anilines is 1. The molecule has 0 saturated heterocycles. The summed E-state index contributed by atoms with van der Waals surface area (Å²) in [5.41, 5.74) is 3.13. The Morgan fingerprint density at radius 3 is 2.61 bits per heavy atom. The molecule has 1 aromatic rings. The topological polar surface area (TPSA) is 15.3 Å². The molecule has 0 heterocycles. The zero-order chi connectivity index (χ0) is 13.5. The maximum absolute atomic E-state index is 6.23. The van der Waals surface area contributed by atoms with Gasteiger partial charge in [0.15, 0.2) is 0 Å². The molecule has 0 aliphatic carbocycles. The fraction of sp³-hybridized carbons (Fsp3) is 0.333. The molecule has 0 fully saturated rings. The van der Waals surface area contributed by atoms with E-state index in [1.807, 2.05) is 38.1 Å². The maximum Gasteiger partial charge on any atom is 0.0639 e. The standard InChI is InChI=1S/C15H21ClN2/c1-5-13(17-12(3)4)11-18(6-2)15-10-8-7-9-14(15)16/h5,7-10,17H,3,6,11H2,1-2,4H3/b13-5-. The van der Waals surface area contributed by atoms with Crippen LogP contribution in [0.15, 0.2) is 48.3 Å². The van der Waals surface area contributed by atoms with Crippen LogP contribution in [0, 0.1) is 0 Å². The van der Waals surface area contributed by atoms with Crippen molar-refractivity contribution >= 4 is 17.3 Å². The predicted molar refractivity (Wildman–Crippen MR) is 81.0 cm³/mol. The minimum atomic E-state index is 0.783. The number of benzene rings is 1. The van der Waals surface area contributed by atoms with E-state index >= 15 is 0 Å². The van der Waals surface area contributed by atoms with E-state index in [0.717, 1.165) is 35.2 Å². The van der Waals surface area contributed by atoms with Gasteiger partial charge in [0, 0.05) is 17.9 Å².